The molecule has 0 radical (unpaired) electrons. The largest absolute Gasteiger partial charge is 0.506 e. The van der Waals surface area contributed by atoms with Gasteiger partial charge >= 0.3 is 10.4 Å². The van der Waals surface area contributed by atoms with Crippen molar-refractivity contribution >= 4 is 27.7 Å². The lowest BCUT2D eigenvalue weighted by atomic mass is 10.1. The van der Waals surface area contributed by atoms with Crippen molar-refractivity contribution in [2.45, 2.75) is 0 Å². The predicted octanol–water partition coefficient (Wildman–Crippen LogP) is 1.57. The Kier molecular flexibility index (Phi) is 5.87. The summed E-state index contributed by atoms with van der Waals surface area (Å²) >= 11 is 0. The minimum atomic E-state index is -4.67. The maximum Gasteiger partial charge on any atom is 0.394 e. The molecule has 2 aromatic rings. The standard InChI is InChI=1S/C13H12N2O2.H2O4S/c14-11-8-9(6-7-12(11)16)13(17)15-10-4-2-1-3-5-10;1-5(2,3)4/h1-8,16H,14H2,(H,15,17);(H2,1,2,3,4). The van der Waals surface area contributed by atoms with Crippen LogP contribution in [0.5, 0.6) is 5.75 Å². The highest BCUT2D eigenvalue weighted by Gasteiger charge is 2.07. The molecule has 2 aromatic carbocycles. The maximum absolute atomic E-state index is 11.8. The van der Waals surface area contributed by atoms with E-state index in [1.54, 1.807) is 12.1 Å². The lowest BCUT2D eigenvalue weighted by Crippen LogP contribution is -2.11. The molecule has 0 atom stereocenters. The Labute approximate surface area is 126 Å². The van der Waals surface area contributed by atoms with Gasteiger partial charge in [0.25, 0.3) is 5.91 Å². The Morgan fingerprint density at radius 3 is 2.09 bits per heavy atom. The van der Waals surface area contributed by atoms with E-state index in [-0.39, 0.29) is 17.3 Å². The third-order valence-corrected chi connectivity index (χ3v) is 2.32. The molecular formula is C13H14N2O6S. The van der Waals surface area contributed by atoms with Gasteiger partial charge in [-0.25, -0.2) is 0 Å². The molecule has 0 bridgehead atoms. The second kappa shape index (κ2) is 7.41. The van der Waals surface area contributed by atoms with Gasteiger partial charge in [0.2, 0.25) is 0 Å². The van der Waals surface area contributed by atoms with Gasteiger partial charge in [0.1, 0.15) is 5.75 Å². The van der Waals surface area contributed by atoms with E-state index in [2.05, 4.69) is 5.32 Å². The summed E-state index contributed by atoms with van der Waals surface area (Å²) in [7, 11) is -4.67. The summed E-state index contributed by atoms with van der Waals surface area (Å²) in [5.41, 5.74) is 6.83. The zero-order chi connectivity index (χ0) is 16.8. The smallest absolute Gasteiger partial charge is 0.394 e. The molecular weight excluding hydrogens is 312 g/mol. The first kappa shape index (κ1) is 17.4. The first-order valence-corrected chi connectivity index (χ1v) is 7.21. The first-order valence-electron chi connectivity index (χ1n) is 5.81. The average Bonchev–Trinajstić information content (AvgIpc) is 2.41. The number of para-hydroxylation sites is 1. The molecule has 0 aromatic heterocycles. The van der Waals surface area contributed by atoms with Crippen molar-refractivity contribution in [1.82, 2.24) is 0 Å². The molecule has 0 aliphatic heterocycles. The Hall–Kier alpha value is -2.62. The fraction of sp³-hybridized carbons (Fsp3) is 0. The Morgan fingerprint density at radius 2 is 1.59 bits per heavy atom. The quantitative estimate of drug-likeness (QED) is 0.319. The summed E-state index contributed by atoms with van der Waals surface area (Å²) in [4.78, 5) is 11.8. The van der Waals surface area contributed by atoms with Crippen LogP contribution in [0.3, 0.4) is 0 Å². The number of anilines is 2. The average molecular weight is 326 g/mol. The van der Waals surface area contributed by atoms with Crippen LogP contribution in [0.1, 0.15) is 10.4 Å². The van der Waals surface area contributed by atoms with E-state index < -0.39 is 10.4 Å². The molecule has 0 aliphatic carbocycles. The van der Waals surface area contributed by atoms with Gasteiger partial charge in [-0.15, -0.1) is 0 Å². The number of nitrogen functional groups attached to an aromatic ring is 1. The third-order valence-electron chi connectivity index (χ3n) is 2.32. The number of nitrogens with two attached hydrogens (primary N) is 1. The number of rotatable bonds is 2. The second-order valence-electron chi connectivity index (χ2n) is 4.04. The molecule has 0 saturated heterocycles. The van der Waals surface area contributed by atoms with E-state index in [1.165, 1.54) is 18.2 Å². The summed E-state index contributed by atoms with van der Waals surface area (Å²) in [6.45, 7) is 0. The summed E-state index contributed by atoms with van der Waals surface area (Å²) < 4.78 is 31.6. The minimum Gasteiger partial charge on any atom is -0.506 e. The molecule has 0 heterocycles. The van der Waals surface area contributed by atoms with Crippen molar-refractivity contribution in [3.8, 4) is 5.75 Å². The van der Waals surface area contributed by atoms with E-state index in [4.69, 9.17) is 23.3 Å². The van der Waals surface area contributed by atoms with Crippen LogP contribution >= 0.6 is 0 Å². The Bertz CT molecular complexity index is 738. The molecule has 0 unspecified atom stereocenters. The Balaban J connectivity index is 0.000000422. The van der Waals surface area contributed by atoms with Crippen molar-refractivity contribution in [3.05, 3.63) is 54.1 Å². The molecule has 0 spiro atoms. The molecule has 0 aliphatic rings. The number of phenolic OH excluding ortho intramolecular Hbond substituents is 1. The highest BCUT2D eigenvalue weighted by molar-refractivity contribution is 7.79. The van der Waals surface area contributed by atoms with Crippen LogP contribution in [0, 0.1) is 0 Å². The molecule has 6 N–H and O–H groups in total. The number of benzene rings is 2. The number of carbonyl (C=O) groups is 1. The highest BCUT2D eigenvalue weighted by atomic mass is 32.3. The molecule has 2 rings (SSSR count). The van der Waals surface area contributed by atoms with E-state index in [0.717, 1.165) is 0 Å². The number of amides is 1. The zero-order valence-corrected chi connectivity index (χ0v) is 12.0. The van der Waals surface area contributed by atoms with Gasteiger partial charge in [0.15, 0.2) is 0 Å². The molecule has 9 heteroatoms. The van der Waals surface area contributed by atoms with Gasteiger partial charge in [-0.3, -0.25) is 13.9 Å². The number of hydrogen-bond acceptors (Lipinski definition) is 5. The molecule has 22 heavy (non-hydrogen) atoms. The van der Waals surface area contributed by atoms with Gasteiger partial charge in [-0.2, -0.15) is 8.42 Å². The summed E-state index contributed by atoms with van der Waals surface area (Å²) in [5.74, 6) is -0.288. The third kappa shape index (κ3) is 6.70. The molecule has 8 nitrogen and oxygen atoms in total. The second-order valence-corrected chi connectivity index (χ2v) is 4.94. The monoisotopic (exact) mass is 326 g/mol. The van der Waals surface area contributed by atoms with Crippen LogP contribution in [-0.2, 0) is 10.4 Å². The number of phenols is 1. The van der Waals surface area contributed by atoms with E-state index in [9.17, 15) is 9.90 Å². The number of aromatic hydroxyl groups is 1. The van der Waals surface area contributed by atoms with Gasteiger partial charge in [-0.05, 0) is 30.3 Å². The Morgan fingerprint density at radius 1 is 1.05 bits per heavy atom. The topological polar surface area (TPSA) is 150 Å². The minimum absolute atomic E-state index is 0.0266. The number of hydrogen-bond donors (Lipinski definition) is 5. The summed E-state index contributed by atoms with van der Waals surface area (Å²) in [6, 6.07) is 13.5. The maximum atomic E-state index is 11.8. The van der Waals surface area contributed by atoms with E-state index in [1.807, 2.05) is 18.2 Å². The zero-order valence-electron chi connectivity index (χ0n) is 11.2. The summed E-state index contributed by atoms with van der Waals surface area (Å²) in [5, 5.41) is 12.0. The van der Waals surface area contributed by atoms with Crippen molar-refractivity contribution < 1.29 is 27.4 Å². The first-order chi connectivity index (χ1) is 10.2. The van der Waals surface area contributed by atoms with Crippen LogP contribution in [0.25, 0.3) is 0 Å². The van der Waals surface area contributed by atoms with Crippen LogP contribution in [0.4, 0.5) is 11.4 Å². The van der Waals surface area contributed by atoms with Crippen molar-refractivity contribution in [2.75, 3.05) is 11.1 Å². The highest BCUT2D eigenvalue weighted by Crippen LogP contribution is 2.21. The van der Waals surface area contributed by atoms with Gasteiger partial charge in [0.05, 0.1) is 5.69 Å². The van der Waals surface area contributed by atoms with Crippen LogP contribution < -0.4 is 11.1 Å². The van der Waals surface area contributed by atoms with Gasteiger partial charge in [-0.1, -0.05) is 18.2 Å². The van der Waals surface area contributed by atoms with Crippen molar-refractivity contribution in [2.24, 2.45) is 0 Å². The van der Waals surface area contributed by atoms with E-state index >= 15 is 0 Å². The summed E-state index contributed by atoms with van der Waals surface area (Å²) in [6.07, 6.45) is 0. The van der Waals surface area contributed by atoms with E-state index in [0.29, 0.717) is 11.3 Å². The molecule has 1 amide bonds. The molecule has 0 fully saturated rings. The lowest BCUT2D eigenvalue weighted by molar-refractivity contribution is 0.102. The lowest BCUT2D eigenvalue weighted by Gasteiger charge is -2.06. The molecule has 118 valence electrons. The van der Waals surface area contributed by atoms with Gasteiger partial charge in [0, 0.05) is 11.3 Å². The van der Waals surface area contributed by atoms with Crippen LogP contribution in [0.2, 0.25) is 0 Å². The SMILES string of the molecule is Nc1cc(C(=O)Nc2ccccc2)ccc1O.O=S(=O)(O)O. The fourth-order valence-corrected chi connectivity index (χ4v) is 1.42. The normalized spacial score (nSPS) is 10.3. The van der Waals surface area contributed by atoms with Crippen molar-refractivity contribution in [3.63, 3.8) is 0 Å². The fourth-order valence-electron chi connectivity index (χ4n) is 1.42. The van der Waals surface area contributed by atoms with Crippen LogP contribution in [0.15, 0.2) is 48.5 Å². The number of carbonyl (C=O) groups excluding carboxylic acids is 1. The van der Waals surface area contributed by atoms with Gasteiger partial charge < -0.3 is 16.2 Å². The van der Waals surface area contributed by atoms with Crippen LogP contribution in [-0.4, -0.2) is 28.5 Å². The predicted molar refractivity (Wildman–Crippen MR) is 81.1 cm³/mol. The number of nitrogens with one attached hydrogen (secondary N) is 1. The molecule has 0 saturated carbocycles. The van der Waals surface area contributed by atoms with Crippen molar-refractivity contribution in [1.29, 1.82) is 0 Å².